The predicted octanol–water partition coefficient (Wildman–Crippen LogP) is 2.98. The molecule has 3 aromatic rings. The van der Waals surface area contributed by atoms with Crippen molar-refractivity contribution in [3.8, 4) is 5.75 Å². The number of hydrogen-bond acceptors (Lipinski definition) is 4. The molecule has 0 saturated carbocycles. The van der Waals surface area contributed by atoms with Crippen LogP contribution in [0.3, 0.4) is 0 Å². The Bertz CT molecular complexity index is 1050. The number of carbonyl (C=O) groups is 2. The van der Waals surface area contributed by atoms with Crippen LogP contribution in [0.5, 0.6) is 5.75 Å². The molecule has 0 fully saturated rings. The molecule has 1 aromatic heterocycles. The summed E-state index contributed by atoms with van der Waals surface area (Å²) in [5, 5.41) is 14.8. The van der Waals surface area contributed by atoms with Gasteiger partial charge < -0.3 is 5.11 Å². The minimum atomic E-state index is -0.620. The van der Waals surface area contributed by atoms with Crippen molar-refractivity contribution in [3.05, 3.63) is 81.6 Å². The van der Waals surface area contributed by atoms with Crippen molar-refractivity contribution >= 4 is 23.4 Å². The van der Waals surface area contributed by atoms with E-state index in [4.69, 9.17) is 11.6 Å². The van der Waals surface area contributed by atoms with Gasteiger partial charge in [-0.25, -0.2) is 0 Å². The van der Waals surface area contributed by atoms with Crippen LogP contribution in [0.2, 0.25) is 5.02 Å². The number of benzene rings is 2. The van der Waals surface area contributed by atoms with Gasteiger partial charge in [0.1, 0.15) is 5.75 Å². The fraction of sp³-hybridized carbons (Fsp3) is 0.150. The van der Waals surface area contributed by atoms with E-state index in [1.807, 2.05) is 18.2 Å². The third-order valence-corrected chi connectivity index (χ3v) is 4.69. The number of para-hydroxylation sites is 1. The summed E-state index contributed by atoms with van der Waals surface area (Å²) in [5.41, 5.74) is 7.15. The van der Waals surface area contributed by atoms with Crippen LogP contribution >= 0.6 is 11.6 Å². The minimum Gasteiger partial charge on any atom is -0.507 e. The molecule has 0 saturated heterocycles. The first kappa shape index (κ1) is 19.4. The largest absolute Gasteiger partial charge is 0.507 e. The summed E-state index contributed by atoms with van der Waals surface area (Å²) < 4.78 is 1.69. The predicted molar refractivity (Wildman–Crippen MR) is 105 cm³/mol. The SMILES string of the molecule is Cc1nn(Cc2ccccc2Cl)c(C)c1C(=O)NNC(=O)c1ccccc1O. The van der Waals surface area contributed by atoms with Crippen molar-refractivity contribution in [1.29, 1.82) is 0 Å². The van der Waals surface area contributed by atoms with Gasteiger partial charge in [-0.3, -0.25) is 25.1 Å². The Morgan fingerprint density at radius 1 is 1.04 bits per heavy atom. The maximum atomic E-state index is 12.6. The van der Waals surface area contributed by atoms with Crippen LogP contribution < -0.4 is 10.9 Å². The molecule has 3 rings (SSSR count). The Morgan fingerprint density at radius 2 is 1.68 bits per heavy atom. The lowest BCUT2D eigenvalue weighted by atomic mass is 10.2. The number of hydrazine groups is 1. The van der Waals surface area contributed by atoms with Gasteiger partial charge in [-0.05, 0) is 37.6 Å². The van der Waals surface area contributed by atoms with E-state index in [2.05, 4.69) is 16.0 Å². The van der Waals surface area contributed by atoms with Crippen LogP contribution in [0.25, 0.3) is 0 Å². The second-order valence-electron chi connectivity index (χ2n) is 6.22. The number of rotatable bonds is 4. The number of nitrogens with one attached hydrogen (secondary N) is 2. The Hall–Kier alpha value is -3.32. The van der Waals surface area contributed by atoms with Crippen LogP contribution in [0.15, 0.2) is 48.5 Å². The second-order valence-corrected chi connectivity index (χ2v) is 6.63. The summed E-state index contributed by atoms with van der Waals surface area (Å²) in [4.78, 5) is 24.7. The van der Waals surface area contributed by atoms with Crippen LogP contribution in [-0.2, 0) is 6.54 Å². The number of carbonyl (C=O) groups excluding carboxylic acids is 2. The first-order valence-electron chi connectivity index (χ1n) is 8.54. The van der Waals surface area contributed by atoms with Gasteiger partial charge in [0.2, 0.25) is 0 Å². The zero-order valence-corrected chi connectivity index (χ0v) is 16.1. The van der Waals surface area contributed by atoms with E-state index in [0.717, 1.165) is 5.56 Å². The Morgan fingerprint density at radius 3 is 2.39 bits per heavy atom. The fourth-order valence-corrected chi connectivity index (χ4v) is 3.07. The van der Waals surface area contributed by atoms with Crippen molar-refractivity contribution in [2.45, 2.75) is 20.4 Å². The average molecular weight is 399 g/mol. The van der Waals surface area contributed by atoms with Gasteiger partial charge in [0.15, 0.2) is 0 Å². The highest BCUT2D eigenvalue weighted by Gasteiger charge is 2.20. The van der Waals surface area contributed by atoms with Crippen molar-refractivity contribution in [3.63, 3.8) is 0 Å². The zero-order valence-electron chi connectivity index (χ0n) is 15.4. The molecule has 0 aliphatic heterocycles. The summed E-state index contributed by atoms with van der Waals surface area (Å²) in [6.07, 6.45) is 0. The van der Waals surface area contributed by atoms with Crippen molar-refractivity contribution in [2.24, 2.45) is 0 Å². The highest BCUT2D eigenvalue weighted by Crippen LogP contribution is 2.19. The third-order valence-electron chi connectivity index (χ3n) is 4.32. The van der Waals surface area contributed by atoms with Crippen LogP contribution in [0, 0.1) is 13.8 Å². The molecule has 1 heterocycles. The van der Waals surface area contributed by atoms with E-state index in [-0.39, 0.29) is 11.3 Å². The summed E-state index contributed by atoms with van der Waals surface area (Å²) in [7, 11) is 0. The van der Waals surface area contributed by atoms with Crippen molar-refractivity contribution < 1.29 is 14.7 Å². The number of hydrogen-bond donors (Lipinski definition) is 3. The van der Waals surface area contributed by atoms with Gasteiger partial charge in [0.25, 0.3) is 11.8 Å². The molecule has 2 amide bonds. The van der Waals surface area contributed by atoms with E-state index in [1.165, 1.54) is 12.1 Å². The van der Waals surface area contributed by atoms with Crippen LogP contribution in [-0.4, -0.2) is 26.7 Å². The van der Waals surface area contributed by atoms with Gasteiger partial charge in [-0.2, -0.15) is 5.10 Å². The van der Waals surface area contributed by atoms with E-state index in [0.29, 0.717) is 28.5 Å². The summed E-state index contributed by atoms with van der Waals surface area (Å²) >= 11 is 6.20. The standard InChI is InChI=1S/C20H19ClN4O3/c1-12-18(13(2)25(24-12)11-14-7-3-5-9-16(14)21)20(28)23-22-19(27)15-8-4-6-10-17(15)26/h3-10,26H,11H2,1-2H3,(H,22,27)(H,23,28). The number of nitrogens with zero attached hydrogens (tertiary/aromatic N) is 2. The quantitative estimate of drug-likeness (QED) is 0.588. The van der Waals surface area contributed by atoms with E-state index in [1.54, 1.807) is 36.7 Å². The van der Waals surface area contributed by atoms with E-state index < -0.39 is 11.8 Å². The Labute approximate surface area is 166 Å². The zero-order chi connectivity index (χ0) is 20.3. The highest BCUT2D eigenvalue weighted by atomic mass is 35.5. The minimum absolute atomic E-state index is 0.0608. The smallest absolute Gasteiger partial charge is 0.273 e. The topological polar surface area (TPSA) is 96.3 Å². The van der Waals surface area contributed by atoms with Crippen molar-refractivity contribution in [1.82, 2.24) is 20.6 Å². The van der Waals surface area contributed by atoms with Crippen LogP contribution in [0.1, 0.15) is 37.7 Å². The summed E-state index contributed by atoms with van der Waals surface area (Å²) in [5.74, 6) is -1.29. The Balaban J connectivity index is 1.74. The van der Waals surface area contributed by atoms with E-state index >= 15 is 0 Å². The molecule has 7 nitrogen and oxygen atoms in total. The molecule has 8 heteroatoms. The number of amides is 2. The summed E-state index contributed by atoms with van der Waals surface area (Å²) in [6, 6.07) is 13.5. The molecule has 28 heavy (non-hydrogen) atoms. The maximum Gasteiger partial charge on any atom is 0.273 e. The molecule has 144 valence electrons. The Kier molecular flexibility index (Phi) is 5.65. The molecule has 2 aromatic carbocycles. The molecule has 0 aliphatic carbocycles. The number of phenols is 1. The lowest BCUT2D eigenvalue weighted by Crippen LogP contribution is -2.42. The van der Waals surface area contributed by atoms with Gasteiger partial charge in [0.05, 0.1) is 23.4 Å². The van der Waals surface area contributed by atoms with Gasteiger partial charge in [-0.1, -0.05) is 41.9 Å². The first-order chi connectivity index (χ1) is 13.4. The lowest BCUT2D eigenvalue weighted by molar-refractivity contribution is 0.0844. The number of phenolic OH excluding ortho intramolecular Hbond substituents is 1. The first-order valence-corrected chi connectivity index (χ1v) is 8.92. The highest BCUT2D eigenvalue weighted by molar-refractivity contribution is 6.31. The normalized spacial score (nSPS) is 10.5. The number of aromatic hydroxyl groups is 1. The maximum absolute atomic E-state index is 12.6. The monoisotopic (exact) mass is 398 g/mol. The van der Waals surface area contributed by atoms with Gasteiger partial charge in [0, 0.05) is 10.7 Å². The molecular formula is C20H19ClN4O3. The van der Waals surface area contributed by atoms with Crippen molar-refractivity contribution in [2.75, 3.05) is 0 Å². The molecule has 0 atom stereocenters. The fourth-order valence-electron chi connectivity index (χ4n) is 2.88. The number of aromatic nitrogens is 2. The second kappa shape index (κ2) is 8.14. The molecule has 0 bridgehead atoms. The molecular weight excluding hydrogens is 380 g/mol. The van der Waals surface area contributed by atoms with Crippen LogP contribution in [0.4, 0.5) is 0 Å². The average Bonchev–Trinajstić information content (AvgIpc) is 2.95. The summed E-state index contributed by atoms with van der Waals surface area (Å²) in [6.45, 7) is 3.91. The molecule has 0 aliphatic rings. The third kappa shape index (κ3) is 3.99. The van der Waals surface area contributed by atoms with Gasteiger partial charge >= 0.3 is 0 Å². The van der Waals surface area contributed by atoms with E-state index in [9.17, 15) is 14.7 Å². The molecule has 3 N–H and O–H groups in total. The molecule has 0 radical (unpaired) electrons. The number of halogens is 1. The molecule has 0 unspecified atom stereocenters. The molecule has 0 spiro atoms. The lowest BCUT2D eigenvalue weighted by Gasteiger charge is -2.09. The van der Waals surface area contributed by atoms with Gasteiger partial charge in [-0.15, -0.1) is 0 Å². The number of aryl methyl sites for hydroxylation is 1.